The summed E-state index contributed by atoms with van der Waals surface area (Å²) in [7, 11) is -3.93. The van der Waals surface area contributed by atoms with Crippen LogP contribution in [0.2, 0.25) is 0 Å². The van der Waals surface area contributed by atoms with E-state index in [1.54, 1.807) is 18.2 Å². The zero-order valence-electron chi connectivity index (χ0n) is 21.5. The van der Waals surface area contributed by atoms with Crippen LogP contribution in [0, 0.1) is 6.92 Å². The molecule has 0 spiro atoms. The van der Waals surface area contributed by atoms with E-state index in [4.69, 9.17) is 4.74 Å². The van der Waals surface area contributed by atoms with E-state index < -0.39 is 28.5 Å². The maximum Gasteiger partial charge on any atom is 0.338 e. The van der Waals surface area contributed by atoms with Gasteiger partial charge in [-0.15, -0.1) is 0 Å². The molecular weight excluding hydrogens is 514 g/mol. The van der Waals surface area contributed by atoms with E-state index in [1.807, 2.05) is 49.4 Å². The van der Waals surface area contributed by atoms with E-state index in [1.165, 1.54) is 24.3 Å². The number of para-hydroxylation sites is 1. The number of esters is 1. The number of hydrogen-bond acceptors (Lipinski definition) is 5. The predicted molar refractivity (Wildman–Crippen MR) is 152 cm³/mol. The highest BCUT2D eigenvalue weighted by Crippen LogP contribution is 2.31. The van der Waals surface area contributed by atoms with Crippen LogP contribution >= 0.6 is 0 Å². The van der Waals surface area contributed by atoms with Crippen molar-refractivity contribution in [1.29, 1.82) is 0 Å². The van der Waals surface area contributed by atoms with E-state index >= 15 is 0 Å². The molecule has 0 saturated heterocycles. The largest absolute Gasteiger partial charge is 0.452 e. The molecule has 0 radical (unpaired) electrons. The first-order chi connectivity index (χ1) is 18.7. The number of aromatic nitrogens is 1. The summed E-state index contributed by atoms with van der Waals surface area (Å²) in [5.74, 6) is -1.31. The van der Waals surface area contributed by atoms with Crippen LogP contribution in [0.15, 0.2) is 95.9 Å². The van der Waals surface area contributed by atoms with Gasteiger partial charge in [-0.25, -0.2) is 13.2 Å². The van der Waals surface area contributed by atoms with Crippen LogP contribution < -0.4 is 10.0 Å². The van der Waals surface area contributed by atoms with Crippen molar-refractivity contribution in [2.24, 2.45) is 0 Å². The molecule has 0 unspecified atom stereocenters. The Bertz CT molecular complexity index is 1830. The van der Waals surface area contributed by atoms with E-state index in [-0.39, 0.29) is 10.5 Å². The molecule has 0 aliphatic rings. The van der Waals surface area contributed by atoms with Crippen molar-refractivity contribution in [2.45, 2.75) is 25.3 Å². The van der Waals surface area contributed by atoms with Gasteiger partial charge in [-0.1, -0.05) is 36.4 Å². The lowest BCUT2D eigenvalue weighted by Crippen LogP contribution is -2.21. The number of carbonyl (C=O) groups excluding carboxylic acids is 2. The van der Waals surface area contributed by atoms with Crippen molar-refractivity contribution in [1.82, 2.24) is 4.57 Å². The van der Waals surface area contributed by atoms with Gasteiger partial charge in [0.25, 0.3) is 15.9 Å². The minimum Gasteiger partial charge on any atom is -0.452 e. The third-order valence-corrected chi connectivity index (χ3v) is 7.74. The van der Waals surface area contributed by atoms with Gasteiger partial charge >= 0.3 is 5.97 Å². The maximum atomic E-state index is 12.8. The molecule has 1 amide bonds. The average molecular weight is 542 g/mol. The SMILES string of the molecule is CCn1c2ccccc2c2cc(NC(=O)COC(=O)c3cccc(S(=O)(=O)Nc4cccc(C)c4)c3)ccc21. The van der Waals surface area contributed by atoms with Gasteiger partial charge in [-0.2, -0.15) is 0 Å². The van der Waals surface area contributed by atoms with Crippen molar-refractivity contribution in [3.05, 3.63) is 102 Å². The van der Waals surface area contributed by atoms with Gasteiger partial charge in [0.05, 0.1) is 10.5 Å². The topological polar surface area (TPSA) is 106 Å². The summed E-state index contributed by atoms with van der Waals surface area (Å²) < 4.78 is 35.5. The van der Waals surface area contributed by atoms with Crippen LogP contribution in [-0.2, 0) is 26.1 Å². The predicted octanol–water partition coefficient (Wildman–Crippen LogP) is 5.72. The number of nitrogens with one attached hydrogen (secondary N) is 2. The lowest BCUT2D eigenvalue weighted by atomic mass is 10.1. The Morgan fingerprint density at radius 2 is 1.59 bits per heavy atom. The Kier molecular flexibility index (Phi) is 7.08. The standard InChI is InChI=1S/C30H27N3O5S/c1-3-33-27-13-5-4-12-25(27)26-18-22(14-15-28(26)33)31-29(34)19-38-30(35)21-9-7-11-24(17-21)39(36,37)32-23-10-6-8-20(2)16-23/h4-18,32H,3,19H2,1-2H3,(H,31,34). The first kappa shape index (κ1) is 26.0. The normalized spacial score (nSPS) is 11.4. The summed E-state index contributed by atoms with van der Waals surface area (Å²) in [4.78, 5) is 25.1. The van der Waals surface area contributed by atoms with Gasteiger partial charge in [0.15, 0.2) is 6.61 Å². The summed E-state index contributed by atoms with van der Waals surface area (Å²) in [5.41, 5.74) is 4.10. The fourth-order valence-corrected chi connectivity index (χ4v) is 5.69. The second-order valence-electron chi connectivity index (χ2n) is 9.12. The van der Waals surface area contributed by atoms with E-state index in [0.717, 1.165) is 33.9 Å². The number of nitrogens with zero attached hydrogens (tertiary/aromatic N) is 1. The summed E-state index contributed by atoms with van der Waals surface area (Å²) in [6, 6.07) is 26.2. The third kappa shape index (κ3) is 5.49. The number of sulfonamides is 1. The molecule has 0 saturated carbocycles. The van der Waals surface area contributed by atoms with Gasteiger partial charge in [-0.05, 0) is 74.0 Å². The summed E-state index contributed by atoms with van der Waals surface area (Å²) in [6.45, 7) is 4.23. The Labute approximate surface area is 226 Å². The van der Waals surface area contributed by atoms with Gasteiger partial charge < -0.3 is 14.6 Å². The van der Waals surface area contributed by atoms with Crippen molar-refractivity contribution >= 4 is 55.1 Å². The quantitative estimate of drug-likeness (QED) is 0.245. The number of hydrogen-bond donors (Lipinski definition) is 2. The molecule has 5 rings (SSSR count). The molecule has 1 heterocycles. The van der Waals surface area contributed by atoms with Crippen LogP contribution in [0.3, 0.4) is 0 Å². The number of ether oxygens (including phenoxy) is 1. The number of benzene rings is 4. The molecule has 0 bridgehead atoms. The molecule has 0 fully saturated rings. The van der Waals surface area contributed by atoms with Crippen molar-refractivity contribution < 1.29 is 22.7 Å². The van der Waals surface area contributed by atoms with Crippen LogP contribution in [0.4, 0.5) is 11.4 Å². The molecule has 5 aromatic rings. The minimum atomic E-state index is -3.93. The number of anilines is 2. The average Bonchev–Trinajstić information content (AvgIpc) is 3.24. The van der Waals surface area contributed by atoms with E-state index in [9.17, 15) is 18.0 Å². The smallest absolute Gasteiger partial charge is 0.338 e. The molecule has 0 aliphatic heterocycles. The monoisotopic (exact) mass is 541 g/mol. The third-order valence-electron chi connectivity index (χ3n) is 6.36. The van der Waals surface area contributed by atoms with Crippen molar-refractivity contribution in [3.8, 4) is 0 Å². The second-order valence-corrected chi connectivity index (χ2v) is 10.8. The van der Waals surface area contributed by atoms with Gasteiger partial charge in [0.2, 0.25) is 0 Å². The molecule has 198 valence electrons. The molecule has 0 aliphatic carbocycles. The summed E-state index contributed by atoms with van der Waals surface area (Å²) in [6.07, 6.45) is 0. The Hall–Kier alpha value is -4.63. The summed E-state index contributed by atoms with van der Waals surface area (Å²) >= 11 is 0. The van der Waals surface area contributed by atoms with Crippen molar-refractivity contribution in [3.63, 3.8) is 0 Å². The number of amides is 1. The number of carbonyl (C=O) groups is 2. The molecule has 9 heteroatoms. The number of rotatable bonds is 8. The van der Waals surface area contributed by atoms with E-state index in [2.05, 4.69) is 27.6 Å². The Balaban J connectivity index is 1.25. The lowest BCUT2D eigenvalue weighted by Gasteiger charge is -2.10. The molecule has 1 aromatic heterocycles. The van der Waals surface area contributed by atoms with Crippen molar-refractivity contribution in [2.75, 3.05) is 16.6 Å². The molecule has 4 aromatic carbocycles. The van der Waals surface area contributed by atoms with E-state index in [0.29, 0.717) is 11.4 Å². The molecular formula is C30H27N3O5S. The molecule has 39 heavy (non-hydrogen) atoms. The highest BCUT2D eigenvalue weighted by Gasteiger charge is 2.18. The molecule has 0 atom stereocenters. The van der Waals surface area contributed by atoms with Gasteiger partial charge in [0, 0.05) is 39.7 Å². The molecule has 8 nitrogen and oxygen atoms in total. The number of aryl methyl sites for hydroxylation is 2. The first-order valence-electron chi connectivity index (χ1n) is 12.4. The van der Waals surface area contributed by atoms with Crippen LogP contribution in [0.1, 0.15) is 22.8 Å². The Morgan fingerprint density at radius 3 is 2.38 bits per heavy atom. The van der Waals surface area contributed by atoms with Gasteiger partial charge in [0.1, 0.15) is 0 Å². The summed E-state index contributed by atoms with van der Waals surface area (Å²) in [5, 5.41) is 4.87. The highest BCUT2D eigenvalue weighted by molar-refractivity contribution is 7.92. The van der Waals surface area contributed by atoms with Crippen LogP contribution in [0.5, 0.6) is 0 Å². The molecule has 2 N–H and O–H groups in total. The van der Waals surface area contributed by atoms with Crippen LogP contribution in [0.25, 0.3) is 21.8 Å². The maximum absolute atomic E-state index is 12.8. The minimum absolute atomic E-state index is 0.0173. The fourth-order valence-electron chi connectivity index (χ4n) is 4.60. The first-order valence-corrected chi connectivity index (χ1v) is 13.9. The van der Waals surface area contributed by atoms with Gasteiger partial charge in [-0.3, -0.25) is 9.52 Å². The second kappa shape index (κ2) is 10.6. The lowest BCUT2D eigenvalue weighted by molar-refractivity contribution is -0.119. The Morgan fingerprint density at radius 1 is 0.821 bits per heavy atom. The van der Waals surface area contributed by atoms with Crippen LogP contribution in [-0.4, -0.2) is 31.5 Å². The number of fused-ring (bicyclic) bond motifs is 3. The fraction of sp³-hybridized carbons (Fsp3) is 0.133. The highest BCUT2D eigenvalue weighted by atomic mass is 32.2. The zero-order chi connectivity index (χ0) is 27.6. The zero-order valence-corrected chi connectivity index (χ0v) is 22.3.